The maximum absolute atomic E-state index is 10.6. The number of benzene rings is 2. The van der Waals surface area contributed by atoms with Crippen molar-refractivity contribution < 1.29 is 18.9 Å². The van der Waals surface area contributed by atoms with Crippen molar-refractivity contribution in [2.45, 2.75) is 0 Å². The summed E-state index contributed by atoms with van der Waals surface area (Å²) in [6.07, 6.45) is 0. The van der Waals surface area contributed by atoms with Gasteiger partial charge in [0.2, 0.25) is 0 Å². The van der Waals surface area contributed by atoms with E-state index < -0.39 is 7.82 Å². The second kappa shape index (κ2) is 5.32. The Kier molecular flexibility index (Phi) is 4.56. The fraction of sp³-hybridized carbons (Fsp3) is 0. The molecule has 0 unspecified atom stereocenters. The number of hydrogen-bond donors (Lipinski definition) is 2. The smallest absolute Gasteiger partial charge is 0.404 e. The number of phosphoric acid groups is 1. The molecule has 1 radical (unpaired) electrons. The monoisotopic (exact) mass is 247 g/mol. The van der Waals surface area contributed by atoms with E-state index in [1.807, 2.05) is 24.3 Å². The zero-order valence-corrected chi connectivity index (χ0v) is 11.6. The first-order valence-corrected chi connectivity index (χ1v) is 5.81. The van der Waals surface area contributed by atoms with E-state index in [0.717, 1.165) is 10.8 Å². The Morgan fingerprint density at radius 2 is 1.62 bits per heavy atom. The second-order valence-electron chi connectivity index (χ2n) is 3.09. The Morgan fingerprint density at radius 1 is 1.00 bits per heavy atom. The van der Waals surface area contributed by atoms with Gasteiger partial charge in [0.1, 0.15) is 5.75 Å². The zero-order valence-electron chi connectivity index (χ0n) is 8.70. The van der Waals surface area contributed by atoms with Gasteiger partial charge in [-0.3, -0.25) is 9.79 Å². The van der Waals surface area contributed by atoms with E-state index in [1.165, 1.54) is 6.07 Å². The summed E-state index contributed by atoms with van der Waals surface area (Å²) in [4.78, 5) is 17.3. The number of hydrogen-bond acceptors (Lipinski definition) is 2. The van der Waals surface area contributed by atoms with E-state index in [0.29, 0.717) is 0 Å². The van der Waals surface area contributed by atoms with Gasteiger partial charge in [0.25, 0.3) is 0 Å². The molecule has 2 rings (SSSR count). The van der Waals surface area contributed by atoms with Gasteiger partial charge in [0.15, 0.2) is 0 Å². The zero-order chi connectivity index (χ0) is 10.9. The maximum atomic E-state index is 10.6. The van der Waals surface area contributed by atoms with Crippen molar-refractivity contribution >= 4 is 48.2 Å². The Bertz CT molecular complexity index is 537. The fourth-order valence-electron chi connectivity index (χ4n) is 1.36. The molecule has 0 aromatic heterocycles. The Morgan fingerprint density at radius 3 is 2.25 bits per heavy atom. The molecule has 6 heteroatoms. The van der Waals surface area contributed by atoms with Crippen LogP contribution in [0.2, 0.25) is 0 Å². The van der Waals surface area contributed by atoms with Crippen LogP contribution in [0.1, 0.15) is 0 Å². The van der Waals surface area contributed by atoms with Crippen LogP contribution in [0.25, 0.3) is 10.8 Å². The average molecular weight is 247 g/mol. The van der Waals surface area contributed by atoms with Gasteiger partial charge in [-0.15, -0.1) is 0 Å². The van der Waals surface area contributed by atoms with E-state index in [1.54, 1.807) is 12.1 Å². The third-order valence-corrected chi connectivity index (χ3v) is 2.39. The molecule has 0 aliphatic heterocycles. The van der Waals surface area contributed by atoms with Gasteiger partial charge in [0.05, 0.1) is 0 Å². The molecule has 0 saturated carbocycles. The summed E-state index contributed by atoms with van der Waals surface area (Å²) in [6.45, 7) is 0. The van der Waals surface area contributed by atoms with Crippen molar-refractivity contribution in [3.8, 4) is 5.75 Å². The molecule has 0 bridgehead atoms. The maximum Gasteiger partial charge on any atom is 0.524 e. The predicted octanol–water partition coefficient (Wildman–Crippen LogP) is 1.93. The van der Waals surface area contributed by atoms with Crippen LogP contribution < -0.4 is 4.52 Å². The van der Waals surface area contributed by atoms with Gasteiger partial charge < -0.3 is 4.52 Å². The SMILES string of the molecule is O=P(O)(O)Oc1ccc2ccccc2c1.[Na]. The minimum absolute atomic E-state index is 0. The number of rotatable bonds is 2. The second-order valence-corrected chi connectivity index (χ2v) is 4.25. The van der Waals surface area contributed by atoms with E-state index in [-0.39, 0.29) is 35.3 Å². The summed E-state index contributed by atoms with van der Waals surface area (Å²) in [6, 6.07) is 12.4. The minimum atomic E-state index is -4.47. The van der Waals surface area contributed by atoms with Gasteiger partial charge in [-0.1, -0.05) is 30.3 Å². The van der Waals surface area contributed by atoms with Crippen LogP contribution >= 0.6 is 7.82 Å². The van der Waals surface area contributed by atoms with Gasteiger partial charge >= 0.3 is 7.82 Å². The van der Waals surface area contributed by atoms with Gasteiger partial charge in [0, 0.05) is 29.6 Å². The third-order valence-electron chi connectivity index (χ3n) is 1.95. The predicted molar refractivity (Wildman–Crippen MR) is 62.4 cm³/mol. The molecule has 2 N–H and O–H groups in total. The van der Waals surface area contributed by atoms with Gasteiger partial charge in [-0.2, -0.15) is 0 Å². The molecule has 0 aliphatic rings. The molecule has 0 spiro atoms. The Hall–Kier alpha value is -0.350. The van der Waals surface area contributed by atoms with E-state index in [9.17, 15) is 4.57 Å². The van der Waals surface area contributed by atoms with Crippen LogP contribution in [0.5, 0.6) is 5.75 Å². The van der Waals surface area contributed by atoms with Crippen LogP contribution in [0.4, 0.5) is 0 Å². The molecule has 16 heavy (non-hydrogen) atoms. The normalized spacial score (nSPS) is 10.9. The molecule has 0 atom stereocenters. The Balaban J connectivity index is 0.00000128. The van der Waals surface area contributed by atoms with E-state index in [4.69, 9.17) is 9.79 Å². The third kappa shape index (κ3) is 3.59. The topological polar surface area (TPSA) is 66.8 Å². The molecule has 0 fully saturated rings. The van der Waals surface area contributed by atoms with Crippen LogP contribution in [-0.2, 0) is 4.57 Å². The summed E-state index contributed by atoms with van der Waals surface area (Å²) in [5.41, 5.74) is 0. The average Bonchev–Trinajstić information content (AvgIpc) is 2.15. The first kappa shape index (κ1) is 13.7. The minimum Gasteiger partial charge on any atom is -0.404 e. The molecular formula is C10H9NaO4P. The largest absolute Gasteiger partial charge is 0.524 e. The van der Waals surface area contributed by atoms with Crippen molar-refractivity contribution in [2.24, 2.45) is 0 Å². The first-order valence-electron chi connectivity index (χ1n) is 4.28. The summed E-state index contributed by atoms with van der Waals surface area (Å²) in [7, 11) is -4.47. The molecule has 79 valence electrons. The Labute approximate surface area is 115 Å². The first-order chi connectivity index (χ1) is 7.04. The molecular weight excluding hydrogens is 238 g/mol. The molecule has 2 aromatic carbocycles. The van der Waals surface area contributed by atoms with Crippen molar-refractivity contribution in [3.63, 3.8) is 0 Å². The van der Waals surface area contributed by atoms with Crippen LogP contribution in [0, 0.1) is 0 Å². The van der Waals surface area contributed by atoms with Crippen LogP contribution in [0.3, 0.4) is 0 Å². The van der Waals surface area contributed by atoms with Crippen molar-refractivity contribution in [1.29, 1.82) is 0 Å². The van der Waals surface area contributed by atoms with Crippen molar-refractivity contribution in [2.75, 3.05) is 0 Å². The fourth-order valence-corrected chi connectivity index (χ4v) is 1.75. The summed E-state index contributed by atoms with van der Waals surface area (Å²) in [5, 5.41) is 1.87. The summed E-state index contributed by atoms with van der Waals surface area (Å²) >= 11 is 0. The molecule has 0 heterocycles. The summed E-state index contributed by atoms with van der Waals surface area (Å²) < 4.78 is 15.1. The van der Waals surface area contributed by atoms with Gasteiger partial charge in [-0.05, 0) is 22.9 Å². The number of phosphoric ester groups is 1. The number of fused-ring (bicyclic) bond motifs is 1. The molecule has 2 aromatic rings. The molecule has 0 amide bonds. The quantitative estimate of drug-likeness (QED) is 0.628. The van der Waals surface area contributed by atoms with Crippen molar-refractivity contribution in [1.82, 2.24) is 0 Å². The van der Waals surface area contributed by atoms with Crippen molar-refractivity contribution in [3.05, 3.63) is 42.5 Å². The summed E-state index contributed by atoms with van der Waals surface area (Å²) in [5.74, 6) is 0.169. The molecule has 4 nitrogen and oxygen atoms in total. The molecule has 0 saturated heterocycles. The molecule has 0 aliphatic carbocycles. The van der Waals surface area contributed by atoms with E-state index >= 15 is 0 Å². The van der Waals surface area contributed by atoms with E-state index in [2.05, 4.69) is 4.52 Å². The standard InChI is InChI=1S/C10H9O4P.Na/c11-15(12,13)14-10-6-5-8-3-1-2-4-9(8)7-10;/h1-7H,(H2,11,12,13);. The van der Waals surface area contributed by atoms with Gasteiger partial charge in [-0.25, -0.2) is 4.57 Å². The van der Waals surface area contributed by atoms with Crippen LogP contribution in [0.15, 0.2) is 42.5 Å². The van der Waals surface area contributed by atoms with Crippen LogP contribution in [-0.4, -0.2) is 39.3 Å².